The Balaban J connectivity index is 1.62. The molecular weight excluding hydrogens is 498 g/mol. The minimum Gasteiger partial charge on any atom is -0.478 e. The van der Waals surface area contributed by atoms with Gasteiger partial charge in [0.1, 0.15) is 6.04 Å². The molecule has 1 saturated heterocycles. The highest BCUT2D eigenvalue weighted by Gasteiger charge is 2.42. The Morgan fingerprint density at radius 2 is 1.89 bits per heavy atom. The van der Waals surface area contributed by atoms with Gasteiger partial charge in [-0.1, -0.05) is 19.1 Å². The Kier molecular flexibility index (Phi) is 6.93. The molecule has 2 atom stereocenters. The number of nitrogens with one attached hydrogen (secondary N) is 2. The van der Waals surface area contributed by atoms with Crippen molar-refractivity contribution in [1.29, 1.82) is 0 Å². The lowest BCUT2D eigenvalue weighted by molar-refractivity contribution is -0.115. The molecule has 3 N–H and O–H groups in total. The molecule has 38 heavy (non-hydrogen) atoms. The number of carboxylic acids is 1. The number of benzene rings is 2. The molecule has 1 aliphatic rings. The molecule has 0 aliphatic carbocycles. The summed E-state index contributed by atoms with van der Waals surface area (Å²) in [5.41, 5.74) is 5.22. The number of carbonyl (C=O) groups is 2. The van der Waals surface area contributed by atoms with Gasteiger partial charge in [-0.25, -0.2) is 4.79 Å². The Morgan fingerprint density at radius 3 is 2.61 bits per heavy atom. The van der Waals surface area contributed by atoms with Crippen molar-refractivity contribution in [2.75, 3.05) is 10.2 Å². The number of nitrogens with zero attached hydrogens (tertiary/aromatic N) is 3. The molecule has 192 valence electrons. The number of anilines is 2. The topological polar surface area (TPSA) is 99.5 Å². The molecular formula is C29H27N5O3S. The Labute approximate surface area is 225 Å². The number of aromatic carboxylic acids is 1. The van der Waals surface area contributed by atoms with Crippen LogP contribution in [0.1, 0.15) is 52.7 Å². The van der Waals surface area contributed by atoms with E-state index in [1.165, 1.54) is 0 Å². The average Bonchev–Trinajstić information content (AvgIpc) is 3.54. The van der Waals surface area contributed by atoms with Crippen molar-refractivity contribution in [2.24, 2.45) is 0 Å². The summed E-state index contributed by atoms with van der Waals surface area (Å²) < 4.78 is 1.98. The summed E-state index contributed by atoms with van der Waals surface area (Å²) in [6.45, 7) is 3.77. The second-order valence-electron chi connectivity index (χ2n) is 9.06. The lowest BCUT2D eigenvalue weighted by atomic mass is 10.00. The van der Waals surface area contributed by atoms with E-state index in [4.69, 9.17) is 12.2 Å². The number of aromatic nitrogens is 2. The molecule has 5 rings (SSSR count). The zero-order valence-corrected chi connectivity index (χ0v) is 21.8. The highest BCUT2D eigenvalue weighted by Crippen LogP contribution is 2.43. The maximum Gasteiger partial charge on any atom is 0.335 e. The molecule has 0 unspecified atom stereocenters. The van der Waals surface area contributed by atoms with Crippen LogP contribution in [0.4, 0.5) is 11.4 Å². The van der Waals surface area contributed by atoms with E-state index in [2.05, 4.69) is 20.5 Å². The summed E-state index contributed by atoms with van der Waals surface area (Å²) in [5, 5.41) is 16.5. The first-order valence-electron chi connectivity index (χ1n) is 12.3. The van der Waals surface area contributed by atoms with Gasteiger partial charge in [0, 0.05) is 41.6 Å². The number of amides is 1. The number of carbonyl (C=O) groups excluding carboxylic acids is 1. The first-order valence-corrected chi connectivity index (χ1v) is 12.7. The van der Waals surface area contributed by atoms with Crippen molar-refractivity contribution in [3.8, 4) is 5.69 Å². The number of aryl methyl sites for hydroxylation is 1. The first kappa shape index (κ1) is 25.2. The summed E-state index contributed by atoms with van der Waals surface area (Å²) in [6.07, 6.45) is 4.07. The fourth-order valence-corrected chi connectivity index (χ4v) is 5.11. The molecule has 3 heterocycles. The van der Waals surface area contributed by atoms with Crippen molar-refractivity contribution in [3.63, 3.8) is 0 Å². The minimum atomic E-state index is -0.983. The SMILES string of the molecule is CCC(=O)Nc1ccc(N2C(=S)N[C@@H](c3ccccn3)[C@@H]2c2cccn2-c2cccc(C(=O)O)c2)cc1C. The third-order valence-corrected chi connectivity index (χ3v) is 6.95. The van der Waals surface area contributed by atoms with Crippen LogP contribution in [0.5, 0.6) is 0 Å². The van der Waals surface area contributed by atoms with E-state index >= 15 is 0 Å². The molecule has 2 aromatic carbocycles. The van der Waals surface area contributed by atoms with Gasteiger partial charge in [0.2, 0.25) is 5.91 Å². The Hall–Kier alpha value is -4.50. The normalized spacial score (nSPS) is 16.8. The van der Waals surface area contributed by atoms with E-state index in [1.54, 1.807) is 24.4 Å². The standard InChI is InChI=1S/C29H27N5O3S/c1-3-25(35)31-22-13-12-21(16-18(22)2)34-27(26(32-29(34)38)23-10-4-5-14-30-23)24-11-7-15-33(24)20-9-6-8-19(17-20)28(36)37/h4-17,26-27H,3H2,1-2H3,(H,31,35)(H,32,38)(H,36,37)/t26-,27-/m0/s1. The molecule has 9 heteroatoms. The maximum absolute atomic E-state index is 12.0. The highest BCUT2D eigenvalue weighted by molar-refractivity contribution is 7.80. The van der Waals surface area contributed by atoms with E-state index in [0.717, 1.165) is 34.0 Å². The van der Waals surface area contributed by atoms with E-state index < -0.39 is 5.97 Å². The van der Waals surface area contributed by atoms with Crippen LogP contribution >= 0.6 is 12.2 Å². The van der Waals surface area contributed by atoms with E-state index in [9.17, 15) is 14.7 Å². The number of thiocarbonyl (C=S) groups is 1. The van der Waals surface area contributed by atoms with Gasteiger partial charge in [-0.05, 0) is 85.4 Å². The highest BCUT2D eigenvalue weighted by atomic mass is 32.1. The smallest absolute Gasteiger partial charge is 0.335 e. The zero-order valence-electron chi connectivity index (χ0n) is 21.0. The second-order valence-corrected chi connectivity index (χ2v) is 9.44. The molecule has 1 fully saturated rings. The summed E-state index contributed by atoms with van der Waals surface area (Å²) in [4.78, 5) is 30.3. The third kappa shape index (κ3) is 4.76. The number of hydrogen-bond acceptors (Lipinski definition) is 4. The van der Waals surface area contributed by atoms with Crippen molar-refractivity contribution < 1.29 is 14.7 Å². The predicted octanol–water partition coefficient (Wildman–Crippen LogP) is 5.40. The third-order valence-electron chi connectivity index (χ3n) is 6.64. The lowest BCUT2D eigenvalue weighted by Gasteiger charge is -2.29. The Morgan fingerprint density at radius 1 is 1.05 bits per heavy atom. The van der Waals surface area contributed by atoms with E-state index in [-0.39, 0.29) is 23.6 Å². The number of pyridine rings is 1. The summed E-state index contributed by atoms with van der Waals surface area (Å²) in [5.74, 6) is -1.03. The van der Waals surface area contributed by atoms with E-state index in [1.807, 2.05) is 79.2 Å². The maximum atomic E-state index is 12.0. The number of carboxylic acid groups (broad SMARTS) is 1. The Bertz CT molecular complexity index is 1520. The van der Waals surface area contributed by atoms with Gasteiger partial charge in [-0.15, -0.1) is 0 Å². The molecule has 1 aliphatic heterocycles. The predicted molar refractivity (Wildman–Crippen MR) is 151 cm³/mol. The van der Waals surface area contributed by atoms with Crippen LogP contribution in [-0.4, -0.2) is 31.6 Å². The van der Waals surface area contributed by atoms with E-state index in [0.29, 0.717) is 11.5 Å². The number of rotatable bonds is 7. The van der Waals surface area contributed by atoms with Crippen molar-refractivity contribution >= 4 is 40.6 Å². The van der Waals surface area contributed by atoms with Crippen LogP contribution in [0.25, 0.3) is 5.69 Å². The molecule has 4 aromatic rings. The molecule has 8 nitrogen and oxygen atoms in total. The van der Waals surface area contributed by atoms with Gasteiger partial charge >= 0.3 is 5.97 Å². The van der Waals surface area contributed by atoms with Crippen LogP contribution in [0.15, 0.2) is 85.2 Å². The fourth-order valence-electron chi connectivity index (χ4n) is 4.77. The van der Waals surface area contributed by atoms with Crippen molar-refractivity contribution in [1.82, 2.24) is 14.9 Å². The molecule has 0 spiro atoms. The first-order chi connectivity index (χ1) is 18.4. The van der Waals surface area contributed by atoms with Crippen LogP contribution in [0.3, 0.4) is 0 Å². The quantitative estimate of drug-likeness (QED) is 0.278. The lowest BCUT2D eigenvalue weighted by Crippen LogP contribution is -2.30. The van der Waals surface area contributed by atoms with Gasteiger partial charge < -0.3 is 25.2 Å². The van der Waals surface area contributed by atoms with Crippen molar-refractivity contribution in [3.05, 3.63) is 108 Å². The van der Waals surface area contributed by atoms with Gasteiger partial charge in [-0.3, -0.25) is 9.78 Å². The summed E-state index contributed by atoms with van der Waals surface area (Å²) in [6, 6.07) is 21.9. The van der Waals surface area contributed by atoms with Gasteiger partial charge in [-0.2, -0.15) is 0 Å². The van der Waals surface area contributed by atoms with Crippen LogP contribution in [0.2, 0.25) is 0 Å². The van der Waals surface area contributed by atoms with Crippen LogP contribution in [-0.2, 0) is 4.79 Å². The fraction of sp³-hybridized carbons (Fsp3) is 0.172. The molecule has 0 bridgehead atoms. The van der Waals surface area contributed by atoms with Gasteiger partial charge in [0.05, 0.1) is 17.3 Å². The van der Waals surface area contributed by atoms with Crippen LogP contribution in [0, 0.1) is 6.92 Å². The van der Waals surface area contributed by atoms with Gasteiger partial charge in [0.25, 0.3) is 0 Å². The monoisotopic (exact) mass is 525 g/mol. The zero-order chi connectivity index (χ0) is 26.8. The largest absolute Gasteiger partial charge is 0.478 e. The molecule has 0 saturated carbocycles. The minimum absolute atomic E-state index is 0.0475. The van der Waals surface area contributed by atoms with Crippen LogP contribution < -0.4 is 15.5 Å². The number of hydrogen-bond donors (Lipinski definition) is 3. The molecule has 0 radical (unpaired) electrons. The molecule has 2 aromatic heterocycles. The van der Waals surface area contributed by atoms with Gasteiger partial charge in [0.15, 0.2) is 5.11 Å². The summed E-state index contributed by atoms with van der Waals surface area (Å²) in [7, 11) is 0. The average molecular weight is 526 g/mol. The summed E-state index contributed by atoms with van der Waals surface area (Å²) >= 11 is 5.86. The second kappa shape index (κ2) is 10.5. The molecule has 1 amide bonds. The van der Waals surface area contributed by atoms with Crippen molar-refractivity contribution in [2.45, 2.75) is 32.4 Å².